The number of benzene rings is 2. The Labute approximate surface area is 142 Å². The summed E-state index contributed by atoms with van der Waals surface area (Å²) in [6.45, 7) is 0.767. The van der Waals surface area contributed by atoms with Gasteiger partial charge in [0.1, 0.15) is 0 Å². The summed E-state index contributed by atoms with van der Waals surface area (Å²) in [7, 11) is 0. The van der Waals surface area contributed by atoms with Crippen LogP contribution in [0, 0.1) is 0 Å². The van der Waals surface area contributed by atoms with Gasteiger partial charge in [0.15, 0.2) is 0 Å². The number of hydrogen-bond acceptors (Lipinski definition) is 6. The summed E-state index contributed by atoms with van der Waals surface area (Å²) in [4.78, 5) is 1.91. The molecule has 0 saturated carbocycles. The molecule has 6 heteroatoms. The van der Waals surface area contributed by atoms with Crippen LogP contribution in [0.25, 0.3) is 11.1 Å². The number of nitrogens with two attached hydrogens (primary N) is 2. The quantitative estimate of drug-likeness (QED) is 0.458. The third-order valence-corrected chi connectivity index (χ3v) is 3.94. The van der Waals surface area contributed by atoms with Crippen molar-refractivity contribution < 1.29 is 15.3 Å². The van der Waals surface area contributed by atoms with Gasteiger partial charge in [0.2, 0.25) is 0 Å². The van der Waals surface area contributed by atoms with E-state index in [1.54, 1.807) is 6.07 Å². The van der Waals surface area contributed by atoms with Gasteiger partial charge in [0, 0.05) is 42.3 Å². The summed E-state index contributed by atoms with van der Waals surface area (Å²) < 4.78 is 0. The third kappa shape index (κ3) is 3.97. The van der Waals surface area contributed by atoms with E-state index in [-0.39, 0.29) is 19.8 Å². The molecule has 24 heavy (non-hydrogen) atoms. The number of para-hydroxylation sites is 1. The fourth-order valence-electron chi connectivity index (χ4n) is 2.92. The summed E-state index contributed by atoms with van der Waals surface area (Å²) in [6, 6.07) is 11.2. The van der Waals surface area contributed by atoms with E-state index < -0.39 is 0 Å². The molecule has 0 aromatic heterocycles. The van der Waals surface area contributed by atoms with Crippen LogP contribution in [-0.4, -0.2) is 48.2 Å². The van der Waals surface area contributed by atoms with Crippen LogP contribution in [0.15, 0.2) is 36.4 Å². The zero-order valence-corrected chi connectivity index (χ0v) is 13.7. The lowest BCUT2D eigenvalue weighted by Gasteiger charge is -2.27. The Bertz CT molecular complexity index is 671. The number of hydrogen-bond donors (Lipinski definition) is 5. The van der Waals surface area contributed by atoms with Crippen molar-refractivity contribution in [3.05, 3.63) is 42.0 Å². The minimum atomic E-state index is -0.0170. The van der Waals surface area contributed by atoms with Gasteiger partial charge in [-0.3, -0.25) is 0 Å². The lowest BCUT2D eigenvalue weighted by Crippen LogP contribution is -2.30. The van der Waals surface area contributed by atoms with Crippen molar-refractivity contribution in [2.45, 2.75) is 6.42 Å². The highest BCUT2D eigenvalue weighted by molar-refractivity contribution is 5.85. The molecule has 7 N–H and O–H groups in total. The van der Waals surface area contributed by atoms with Crippen molar-refractivity contribution in [3.8, 4) is 11.1 Å². The van der Waals surface area contributed by atoms with Crippen LogP contribution in [0.4, 0.5) is 17.1 Å². The van der Waals surface area contributed by atoms with E-state index in [0.717, 1.165) is 22.4 Å². The van der Waals surface area contributed by atoms with Gasteiger partial charge in [-0.1, -0.05) is 18.2 Å². The summed E-state index contributed by atoms with van der Waals surface area (Å²) in [6.07, 6.45) is 0.426. The van der Waals surface area contributed by atoms with Gasteiger partial charge in [-0.25, -0.2) is 0 Å². The lowest BCUT2D eigenvalue weighted by molar-refractivity contribution is 0.281. The monoisotopic (exact) mass is 331 g/mol. The SMILES string of the molecule is Nc1cc(N)c(CCO)c(-c2ccccc2N(CCO)CCO)c1. The van der Waals surface area contributed by atoms with Crippen LogP contribution in [0.2, 0.25) is 0 Å². The Morgan fingerprint density at radius 3 is 2.12 bits per heavy atom. The predicted octanol–water partition coefficient (Wildman–Crippen LogP) is 0.844. The molecule has 0 radical (unpaired) electrons. The maximum Gasteiger partial charge on any atom is 0.0606 e. The molecule has 0 fully saturated rings. The van der Waals surface area contributed by atoms with Crippen LogP contribution in [0.1, 0.15) is 5.56 Å². The number of nitrogens with zero attached hydrogens (tertiary/aromatic N) is 1. The fraction of sp³-hybridized carbons (Fsp3) is 0.333. The molecule has 130 valence electrons. The molecular weight excluding hydrogens is 306 g/mol. The molecule has 0 aliphatic rings. The van der Waals surface area contributed by atoms with E-state index >= 15 is 0 Å². The summed E-state index contributed by atoms with van der Waals surface area (Å²) >= 11 is 0. The molecule has 6 nitrogen and oxygen atoms in total. The maximum atomic E-state index is 9.37. The van der Waals surface area contributed by atoms with Gasteiger partial charge in [-0.05, 0) is 35.7 Å². The summed E-state index contributed by atoms with van der Waals surface area (Å²) in [5, 5.41) is 28.0. The summed E-state index contributed by atoms with van der Waals surface area (Å²) in [5.74, 6) is 0. The Morgan fingerprint density at radius 1 is 0.833 bits per heavy atom. The Balaban J connectivity index is 2.61. The first-order valence-electron chi connectivity index (χ1n) is 7.97. The highest BCUT2D eigenvalue weighted by Crippen LogP contribution is 2.37. The molecule has 0 bridgehead atoms. The molecule has 2 aromatic carbocycles. The van der Waals surface area contributed by atoms with Crippen LogP contribution in [-0.2, 0) is 6.42 Å². The van der Waals surface area contributed by atoms with Gasteiger partial charge in [0.25, 0.3) is 0 Å². The lowest BCUT2D eigenvalue weighted by atomic mass is 9.94. The molecule has 0 saturated heterocycles. The highest BCUT2D eigenvalue weighted by atomic mass is 16.3. The van der Waals surface area contributed by atoms with Crippen molar-refractivity contribution in [1.82, 2.24) is 0 Å². The molecule has 0 amide bonds. The molecule has 0 unspecified atom stereocenters. The van der Waals surface area contributed by atoms with E-state index in [0.29, 0.717) is 30.9 Å². The Hall–Kier alpha value is -2.28. The Morgan fingerprint density at radius 2 is 1.50 bits per heavy atom. The molecule has 2 rings (SSSR count). The van der Waals surface area contributed by atoms with Crippen molar-refractivity contribution in [3.63, 3.8) is 0 Å². The standard InChI is InChI=1S/C18H25N3O3/c19-13-11-16(14(5-8-22)17(20)12-13)15-3-1-2-4-18(15)21(6-9-23)7-10-24/h1-4,11-12,22-24H,5-10,19-20H2. The molecule has 0 heterocycles. The van der Waals surface area contributed by atoms with E-state index in [9.17, 15) is 15.3 Å². The molecule has 0 aliphatic heterocycles. The van der Waals surface area contributed by atoms with Gasteiger partial charge in [-0.2, -0.15) is 0 Å². The van der Waals surface area contributed by atoms with E-state index in [1.807, 2.05) is 35.2 Å². The van der Waals surface area contributed by atoms with Crippen molar-refractivity contribution in [1.29, 1.82) is 0 Å². The van der Waals surface area contributed by atoms with Gasteiger partial charge in [0.05, 0.1) is 13.2 Å². The van der Waals surface area contributed by atoms with Crippen LogP contribution in [0.3, 0.4) is 0 Å². The molecule has 0 aliphatic carbocycles. The highest BCUT2D eigenvalue weighted by Gasteiger charge is 2.16. The second-order valence-corrected chi connectivity index (χ2v) is 5.56. The van der Waals surface area contributed by atoms with Gasteiger partial charge in [-0.15, -0.1) is 0 Å². The van der Waals surface area contributed by atoms with Crippen molar-refractivity contribution >= 4 is 17.1 Å². The van der Waals surface area contributed by atoms with Gasteiger partial charge >= 0.3 is 0 Å². The van der Waals surface area contributed by atoms with Crippen LogP contribution >= 0.6 is 0 Å². The largest absolute Gasteiger partial charge is 0.399 e. The summed E-state index contributed by atoms with van der Waals surface area (Å²) in [5.41, 5.74) is 16.7. The number of aliphatic hydroxyl groups excluding tert-OH is 3. The normalized spacial score (nSPS) is 10.8. The first kappa shape index (κ1) is 18.1. The minimum Gasteiger partial charge on any atom is -0.399 e. The van der Waals surface area contributed by atoms with Crippen molar-refractivity contribution in [2.24, 2.45) is 0 Å². The molecule has 0 spiro atoms. The first-order chi connectivity index (χ1) is 11.6. The predicted molar refractivity (Wildman–Crippen MR) is 97.9 cm³/mol. The number of anilines is 3. The topological polar surface area (TPSA) is 116 Å². The second kappa shape index (κ2) is 8.54. The Kier molecular flexibility index (Phi) is 6.43. The molecular formula is C18H25N3O3. The third-order valence-electron chi connectivity index (χ3n) is 3.94. The van der Waals surface area contributed by atoms with E-state index in [4.69, 9.17) is 11.5 Å². The number of aliphatic hydroxyl groups is 3. The average Bonchev–Trinajstić information content (AvgIpc) is 2.57. The van der Waals surface area contributed by atoms with Gasteiger partial charge < -0.3 is 31.7 Å². The van der Waals surface area contributed by atoms with Crippen molar-refractivity contribution in [2.75, 3.05) is 49.3 Å². The zero-order chi connectivity index (χ0) is 17.5. The minimum absolute atomic E-state index is 0.0136. The van der Waals surface area contributed by atoms with Crippen LogP contribution < -0.4 is 16.4 Å². The second-order valence-electron chi connectivity index (χ2n) is 5.56. The number of nitrogen functional groups attached to an aromatic ring is 2. The van der Waals surface area contributed by atoms with Crippen LogP contribution in [0.5, 0.6) is 0 Å². The maximum absolute atomic E-state index is 9.37. The smallest absolute Gasteiger partial charge is 0.0606 e. The zero-order valence-electron chi connectivity index (χ0n) is 13.7. The molecule has 0 atom stereocenters. The van der Waals surface area contributed by atoms with E-state index in [2.05, 4.69) is 0 Å². The van der Waals surface area contributed by atoms with E-state index in [1.165, 1.54) is 0 Å². The molecule has 2 aromatic rings. The number of rotatable bonds is 8. The first-order valence-corrected chi connectivity index (χ1v) is 7.97. The average molecular weight is 331 g/mol. The fourth-order valence-corrected chi connectivity index (χ4v) is 2.92.